The van der Waals surface area contributed by atoms with E-state index in [1.54, 1.807) is 0 Å². The fraction of sp³-hybridized carbons (Fsp3) is 0.597. The first-order valence-electron chi connectivity index (χ1n) is 33.6. The van der Waals surface area contributed by atoms with Gasteiger partial charge in [-0.3, -0.25) is 14.4 Å². The van der Waals surface area contributed by atoms with E-state index in [0.717, 1.165) is 154 Å². The average Bonchev–Trinajstić information content (AvgIpc) is 3.49. The minimum Gasteiger partial charge on any atom is -0.462 e. The first-order valence-corrected chi connectivity index (χ1v) is 33.6. The Bertz CT molecular complexity index is 1890. The van der Waals surface area contributed by atoms with Crippen LogP contribution in [0.4, 0.5) is 0 Å². The Morgan fingerprint density at radius 2 is 0.506 bits per heavy atom. The van der Waals surface area contributed by atoms with Gasteiger partial charge in [-0.05, 0) is 148 Å². The van der Waals surface area contributed by atoms with Crippen LogP contribution >= 0.6 is 0 Å². The lowest BCUT2D eigenvalue weighted by molar-refractivity contribution is -0.167. The molecule has 466 valence electrons. The molecule has 0 aromatic carbocycles. The first-order chi connectivity index (χ1) is 41.0. The molecule has 1 unspecified atom stereocenters. The van der Waals surface area contributed by atoms with Gasteiger partial charge in [-0.15, -0.1) is 0 Å². The summed E-state index contributed by atoms with van der Waals surface area (Å²) >= 11 is 0. The van der Waals surface area contributed by atoms with Gasteiger partial charge in [0.1, 0.15) is 13.2 Å². The summed E-state index contributed by atoms with van der Waals surface area (Å²) in [5, 5.41) is 0. The highest BCUT2D eigenvalue weighted by atomic mass is 16.6. The molecule has 0 radical (unpaired) electrons. The normalized spacial score (nSPS) is 13.2. The molecule has 0 aromatic heterocycles. The first kappa shape index (κ1) is 77.8. The van der Waals surface area contributed by atoms with Gasteiger partial charge in [-0.25, -0.2) is 0 Å². The molecule has 0 aliphatic carbocycles. The summed E-state index contributed by atoms with van der Waals surface area (Å²) in [6.45, 7) is 6.38. The van der Waals surface area contributed by atoms with Gasteiger partial charge in [0.25, 0.3) is 0 Å². The molecule has 6 nitrogen and oxygen atoms in total. The number of ether oxygens (including phenoxy) is 3. The third-order valence-corrected chi connectivity index (χ3v) is 13.7. The molecular weight excluding hydrogens is 1020 g/mol. The molecule has 0 amide bonds. The van der Waals surface area contributed by atoms with Crippen molar-refractivity contribution in [2.75, 3.05) is 13.2 Å². The van der Waals surface area contributed by atoms with E-state index in [-0.39, 0.29) is 37.5 Å². The Labute approximate surface area is 511 Å². The van der Waals surface area contributed by atoms with E-state index in [1.165, 1.54) is 77.0 Å². The van der Waals surface area contributed by atoms with E-state index in [2.05, 4.69) is 191 Å². The maximum atomic E-state index is 12.9. The second-order valence-corrected chi connectivity index (χ2v) is 21.6. The van der Waals surface area contributed by atoms with Gasteiger partial charge in [0.05, 0.1) is 0 Å². The fourth-order valence-corrected chi connectivity index (χ4v) is 8.66. The van der Waals surface area contributed by atoms with Gasteiger partial charge in [-0.1, -0.05) is 281 Å². The van der Waals surface area contributed by atoms with Crippen LogP contribution in [0.3, 0.4) is 0 Å². The molecular formula is C77H122O6. The van der Waals surface area contributed by atoms with Crippen LogP contribution in [0.15, 0.2) is 170 Å². The summed E-state index contributed by atoms with van der Waals surface area (Å²) in [4.78, 5) is 38.3. The second kappa shape index (κ2) is 69.3. The molecule has 0 rings (SSSR count). The van der Waals surface area contributed by atoms with E-state index in [9.17, 15) is 14.4 Å². The van der Waals surface area contributed by atoms with Crippen molar-refractivity contribution < 1.29 is 28.6 Å². The molecule has 0 aliphatic rings. The van der Waals surface area contributed by atoms with Crippen LogP contribution in [0.5, 0.6) is 0 Å². The lowest BCUT2D eigenvalue weighted by atomic mass is 10.1. The molecule has 0 fully saturated rings. The Balaban J connectivity index is 4.48. The third-order valence-electron chi connectivity index (χ3n) is 13.7. The minimum atomic E-state index is -0.822. The number of unbranched alkanes of at least 4 members (excludes halogenated alkanes) is 20. The standard InChI is InChI=1S/C77H122O6/c1-4-7-10-13-16-19-22-25-27-29-31-33-35-36-37-38-39-40-42-43-45-47-49-52-55-58-61-64-67-70-76(79)82-73-74(72-81-75(78)69-66-63-60-57-54-51-24-21-18-15-12-9-6-3)83-77(80)71-68-65-62-59-56-53-50-48-46-44-41-34-32-30-28-26-23-20-17-14-11-8-5-2/h7,10,12,15-16,19,21,23-27,30-33,36-37,39-41,43-45,49,52,58,61,74H,4-6,8-9,11,13-14,17-18,20,22,28-29,34-35,38,42,46-48,50-51,53-57,59-60,62-73H2,1-3H3/b10-7-,15-12-,19-16-,24-21-,26-23-,27-25-,32-30-,33-31-,37-36-,40-39-,44-41-,45-43-,52-49-,61-58-. The number of esters is 3. The summed E-state index contributed by atoms with van der Waals surface area (Å²) in [7, 11) is 0. The van der Waals surface area contributed by atoms with E-state index in [0.29, 0.717) is 19.3 Å². The van der Waals surface area contributed by atoms with Gasteiger partial charge in [-0.2, -0.15) is 0 Å². The Morgan fingerprint density at radius 3 is 0.831 bits per heavy atom. The third kappa shape index (κ3) is 67.4. The highest BCUT2D eigenvalue weighted by Gasteiger charge is 2.19. The summed E-state index contributed by atoms with van der Waals surface area (Å²) in [5.74, 6) is -0.999. The molecule has 0 aliphatic heterocycles. The molecule has 0 N–H and O–H groups in total. The minimum absolute atomic E-state index is 0.114. The van der Waals surface area contributed by atoms with Crippen LogP contribution in [0.25, 0.3) is 0 Å². The number of allylic oxidation sites excluding steroid dienone is 28. The van der Waals surface area contributed by atoms with Gasteiger partial charge in [0.15, 0.2) is 6.10 Å². The maximum Gasteiger partial charge on any atom is 0.306 e. The monoisotopic (exact) mass is 1140 g/mol. The second-order valence-electron chi connectivity index (χ2n) is 21.6. The number of rotatable bonds is 59. The average molecular weight is 1140 g/mol. The van der Waals surface area contributed by atoms with Crippen LogP contribution in [0, 0.1) is 0 Å². The topological polar surface area (TPSA) is 78.9 Å². The molecule has 0 heterocycles. The van der Waals surface area contributed by atoms with E-state index in [1.807, 2.05) is 0 Å². The largest absolute Gasteiger partial charge is 0.462 e. The van der Waals surface area contributed by atoms with Crippen LogP contribution in [0.2, 0.25) is 0 Å². The van der Waals surface area contributed by atoms with Crippen molar-refractivity contribution >= 4 is 17.9 Å². The number of hydrogen-bond donors (Lipinski definition) is 0. The summed E-state index contributed by atoms with van der Waals surface area (Å²) in [6.07, 6.45) is 102. The smallest absolute Gasteiger partial charge is 0.306 e. The molecule has 0 saturated carbocycles. The van der Waals surface area contributed by atoms with E-state index < -0.39 is 6.10 Å². The fourth-order valence-electron chi connectivity index (χ4n) is 8.66. The molecule has 1 atom stereocenters. The van der Waals surface area contributed by atoms with Crippen molar-refractivity contribution in [1.82, 2.24) is 0 Å². The van der Waals surface area contributed by atoms with Gasteiger partial charge in [0, 0.05) is 19.3 Å². The molecule has 83 heavy (non-hydrogen) atoms. The van der Waals surface area contributed by atoms with E-state index in [4.69, 9.17) is 14.2 Å². The molecule has 0 spiro atoms. The highest BCUT2D eigenvalue weighted by Crippen LogP contribution is 2.14. The van der Waals surface area contributed by atoms with Crippen LogP contribution < -0.4 is 0 Å². The summed E-state index contributed by atoms with van der Waals surface area (Å²) in [6, 6.07) is 0. The molecule has 0 saturated heterocycles. The van der Waals surface area contributed by atoms with Gasteiger partial charge in [0.2, 0.25) is 0 Å². The van der Waals surface area contributed by atoms with Crippen molar-refractivity contribution in [3.05, 3.63) is 170 Å². The Morgan fingerprint density at radius 1 is 0.253 bits per heavy atom. The van der Waals surface area contributed by atoms with Gasteiger partial charge >= 0.3 is 17.9 Å². The van der Waals surface area contributed by atoms with Crippen LogP contribution in [-0.4, -0.2) is 37.2 Å². The Kier molecular flexibility index (Phi) is 64.9. The van der Waals surface area contributed by atoms with Crippen molar-refractivity contribution in [2.24, 2.45) is 0 Å². The maximum absolute atomic E-state index is 12.9. The van der Waals surface area contributed by atoms with Crippen LogP contribution in [0.1, 0.15) is 278 Å². The molecule has 0 aromatic rings. The quantitative estimate of drug-likeness (QED) is 0.0261. The predicted octanol–water partition coefficient (Wildman–Crippen LogP) is 23.4. The molecule has 6 heteroatoms. The lowest BCUT2D eigenvalue weighted by Gasteiger charge is -2.18. The van der Waals surface area contributed by atoms with Gasteiger partial charge < -0.3 is 14.2 Å². The summed E-state index contributed by atoms with van der Waals surface area (Å²) < 4.78 is 16.9. The van der Waals surface area contributed by atoms with Crippen molar-refractivity contribution in [3.8, 4) is 0 Å². The zero-order valence-corrected chi connectivity index (χ0v) is 53.4. The van der Waals surface area contributed by atoms with Crippen molar-refractivity contribution in [2.45, 2.75) is 284 Å². The Hall–Kier alpha value is -5.23. The zero-order chi connectivity index (χ0) is 59.9. The van der Waals surface area contributed by atoms with E-state index >= 15 is 0 Å². The van der Waals surface area contributed by atoms with Crippen molar-refractivity contribution in [3.63, 3.8) is 0 Å². The zero-order valence-electron chi connectivity index (χ0n) is 53.4. The number of carbonyl (C=O) groups is 3. The van der Waals surface area contributed by atoms with Crippen LogP contribution in [-0.2, 0) is 28.6 Å². The van der Waals surface area contributed by atoms with Crippen molar-refractivity contribution in [1.29, 1.82) is 0 Å². The SMILES string of the molecule is CC/C=C\C/C=C\C/C=C\C/C=C\C/C=C\C/C=C\C/C=C\C/C=C\C/C=C\CCCC(=O)OCC(COC(=O)CCCCCCC/C=C\C/C=C\CCC)OC(=O)CCCCCCCCCC/C=C\C/C=C\C/C=C\CCCCCCC. The highest BCUT2D eigenvalue weighted by molar-refractivity contribution is 5.71. The number of hydrogen-bond acceptors (Lipinski definition) is 6. The predicted molar refractivity (Wildman–Crippen MR) is 361 cm³/mol. The lowest BCUT2D eigenvalue weighted by Crippen LogP contribution is -2.30. The number of carbonyl (C=O) groups excluding carboxylic acids is 3. The summed E-state index contributed by atoms with van der Waals surface area (Å²) in [5.41, 5.74) is 0. The molecule has 0 bridgehead atoms.